The molecule has 118 valence electrons. The summed E-state index contributed by atoms with van der Waals surface area (Å²) >= 11 is 0. The van der Waals surface area contributed by atoms with Crippen molar-refractivity contribution in [1.82, 2.24) is 5.32 Å². The van der Waals surface area contributed by atoms with Crippen molar-refractivity contribution in [2.75, 3.05) is 6.54 Å². The maximum Gasteiger partial charge on any atom is 0.251 e. The molecule has 0 radical (unpaired) electrons. The molecule has 21 heavy (non-hydrogen) atoms. The van der Waals surface area contributed by atoms with E-state index in [9.17, 15) is 13.6 Å². The highest BCUT2D eigenvalue weighted by Gasteiger charge is 2.24. The fourth-order valence-corrected chi connectivity index (χ4v) is 2.79. The summed E-state index contributed by atoms with van der Waals surface area (Å²) in [5.41, 5.74) is 5.86. The van der Waals surface area contributed by atoms with Gasteiger partial charge >= 0.3 is 0 Å². The van der Waals surface area contributed by atoms with Gasteiger partial charge < -0.3 is 11.1 Å². The van der Waals surface area contributed by atoms with E-state index in [1.54, 1.807) is 0 Å². The van der Waals surface area contributed by atoms with E-state index in [1.165, 1.54) is 12.5 Å². The van der Waals surface area contributed by atoms with Gasteiger partial charge in [0.05, 0.1) is 0 Å². The third-order valence-corrected chi connectivity index (χ3v) is 3.97. The summed E-state index contributed by atoms with van der Waals surface area (Å²) in [5, 5.41) is 2.85. The van der Waals surface area contributed by atoms with Crippen LogP contribution < -0.4 is 11.1 Å². The van der Waals surface area contributed by atoms with E-state index in [1.807, 2.05) is 0 Å². The lowest BCUT2D eigenvalue weighted by Gasteiger charge is -2.30. The quantitative estimate of drug-likeness (QED) is 0.896. The minimum absolute atomic E-state index is 0. The Morgan fingerprint density at radius 2 is 1.90 bits per heavy atom. The lowest BCUT2D eigenvalue weighted by molar-refractivity contribution is 0.0915. The molecule has 0 saturated heterocycles. The van der Waals surface area contributed by atoms with Crippen LogP contribution in [-0.4, -0.2) is 18.5 Å². The molecule has 1 unspecified atom stereocenters. The number of nitrogens with two attached hydrogens (primary N) is 1. The third-order valence-electron chi connectivity index (χ3n) is 3.97. The van der Waals surface area contributed by atoms with Crippen LogP contribution in [0.2, 0.25) is 0 Å². The molecule has 1 saturated carbocycles. The highest BCUT2D eigenvalue weighted by atomic mass is 35.5. The molecule has 1 atom stereocenters. The lowest BCUT2D eigenvalue weighted by atomic mass is 9.84. The summed E-state index contributed by atoms with van der Waals surface area (Å²) in [7, 11) is 0. The van der Waals surface area contributed by atoms with Crippen LogP contribution in [0.4, 0.5) is 8.78 Å². The van der Waals surface area contributed by atoms with Crippen LogP contribution in [0.1, 0.15) is 42.5 Å². The fraction of sp³-hybridized carbons (Fsp3) is 0.533. The molecule has 0 heterocycles. The van der Waals surface area contributed by atoms with E-state index in [-0.39, 0.29) is 24.0 Å². The number of carbonyl (C=O) groups excluding carboxylic acids is 1. The molecule has 1 aliphatic rings. The molecule has 0 aromatic heterocycles. The Labute approximate surface area is 129 Å². The molecule has 6 heteroatoms. The van der Waals surface area contributed by atoms with Gasteiger partial charge in [-0.05, 0) is 37.0 Å². The first-order valence-corrected chi connectivity index (χ1v) is 7.08. The largest absolute Gasteiger partial charge is 0.348 e. The fourth-order valence-electron chi connectivity index (χ4n) is 2.79. The second-order valence-corrected chi connectivity index (χ2v) is 5.34. The first-order valence-electron chi connectivity index (χ1n) is 7.08. The van der Waals surface area contributed by atoms with Crippen LogP contribution in [0.3, 0.4) is 0 Å². The summed E-state index contributed by atoms with van der Waals surface area (Å²) in [4.78, 5) is 12.1. The van der Waals surface area contributed by atoms with Crippen LogP contribution in [0.15, 0.2) is 18.2 Å². The second-order valence-electron chi connectivity index (χ2n) is 5.34. The normalized spacial score (nSPS) is 16.9. The Kier molecular flexibility index (Phi) is 7.05. The van der Waals surface area contributed by atoms with Crippen molar-refractivity contribution < 1.29 is 13.6 Å². The average Bonchev–Trinajstić information content (AvgIpc) is 2.48. The maximum absolute atomic E-state index is 13.1. The van der Waals surface area contributed by atoms with Gasteiger partial charge in [0.1, 0.15) is 0 Å². The summed E-state index contributed by atoms with van der Waals surface area (Å²) in [6.45, 7) is 0.361. The number of rotatable bonds is 4. The zero-order valence-electron chi connectivity index (χ0n) is 11.8. The Morgan fingerprint density at radius 1 is 1.24 bits per heavy atom. The first-order chi connectivity index (χ1) is 9.61. The average molecular weight is 319 g/mol. The SMILES string of the molecule is Cl.NCC(NC(=O)c1ccc(F)c(F)c1)C1CCCCC1. The number of hydrogen-bond acceptors (Lipinski definition) is 2. The van der Waals surface area contributed by atoms with Crippen LogP contribution in [0.5, 0.6) is 0 Å². The minimum Gasteiger partial charge on any atom is -0.348 e. The van der Waals surface area contributed by atoms with Gasteiger partial charge in [-0.3, -0.25) is 4.79 Å². The van der Waals surface area contributed by atoms with E-state index in [0.717, 1.165) is 37.8 Å². The maximum atomic E-state index is 13.1. The Balaban J connectivity index is 0.00000220. The standard InChI is InChI=1S/C15H20F2N2O.ClH/c16-12-7-6-11(8-13(12)17)15(20)19-14(9-18)10-4-2-1-3-5-10;/h6-8,10,14H,1-5,9,18H2,(H,19,20);1H. The predicted molar refractivity (Wildman–Crippen MR) is 80.5 cm³/mol. The molecular formula is C15H21ClF2N2O. The van der Waals surface area contributed by atoms with Crippen molar-refractivity contribution in [3.05, 3.63) is 35.4 Å². The predicted octanol–water partition coefficient (Wildman–Crippen LogP) is 3.02. The Bertz CT molecular complexity index is 479. The van der Waals surface area contributed by atoms with Crippen LogP contribution in [-0.2, 0) is 0 Å². The van der Waals surface area contributed by atoms with E-state index in [0.29, 0.717) is 12.5 Å². The number of nitrogens with one attached hydrogen (secondary N) is 1. The van der Waals surface area contributed by atoms with Gasteiger partial charge in [-0.15, -0.1) is 12.4 Å². The van der Waals surface area contributed by atoms with Gasteiger partial charge in [0.25, 0.3) is 5.91 Å². The Morgan fingerprint density at radius 3 is 2.48 bits per heavy atom. The van der Waals surface area contributed by atoms with Crippen molar-refractivity contribution in [3.63, 3.8) is 0 Å². The summed E-state index contributed by atoms with van der Waals surface area (Å²) in [6, 6.07) is 3.06. The number of amides is 1. The van der Waals surface area contributed by atoms with E-state index >= 15 is 0 Å². The van der Waals surface area contributed by atoms with Crippen molar-refractivity contribution in [2.24, 2.45) is 11.7 Å². The van der Waals surface area contributed by atoms with E-state index < -0.39 is 17.5 Å². The molecule has 0 aliphatic heterocycles. The highest BCUT2D eigenvalue weighted by molar-refractivity contribution is 5.94. The summed E-state index contributed by atoms with van der Waals surface area (Å²) in [6.07, 6.45) is 5.65. The van der Waals surface area contributed by atoms with Gasteiger partial charge in [-0.2, -0.15) is 0 Å². The monoisotopic (exact) mass is 318 g/mol. The molecule has 1 aromatic carbocycles. The molecule has 1 fully saturated rings. The van der Waals surface area contributed by atoms with Crippen molar-refractivity contribution in [2.45, 2.75) is 38.1 Å². The van der Waals surface area contributed by atoms with Gasteiger partial charge in [0.2, 0.25) is 0 Å². The third kappa shape index (κ3) is 4.64. The number of carbonyl (C=O) groups is 1. The molecule has 0 spiro atoms. The van der Waals surface area contributed by atoms with Gasteiger partial charge in [-0.1, -0.05) is 19.3 Å². The van der Waals surface area contributed by atoms with Gasteiger partial charge in [-0.25, -0.2) is 8.78 Å². The minimum atomic E-state index is -1.01. The number of benzene rings is 1. The molecular weight excluding hydrogens is 298 g/mol. The molecule has 3 nitrogen and oxygen atoms in total. The zero-order chi connectivity index (χ0) is 14.5. The molecule has 1 aromatic rings. The van der Waals surface area contributed by atoms with Gasteiger partial charge in [0, 0.05) is 18.2 Å². The van der Waals surface area contributed by atoms with E-state index in [4.69, 9.17) is 5.73 Å². The van der Waals surface area contributed by atoms with Gasteiger partial charge in [0.15, 0.2) is 11.6 Å². The summed E-state index contributed by atoms with van der Waals surface area (Å²) in [5.74, 6) is -1.99. The molecule has 3 N–H and O–H groups in total. The van der Waals surface area contributed by atoms with Crippen molar-refractivity contribution in [1.29, 1.82) is 0 Å². The molecule has 1 amide bonds. The zero-order valence-corrected chi connectivity index (χ0v) is 12.6. The number of halogens is 3. The van der Waals surface area contributed by atoms with Crippen LogP contribution in [0.25, 0.3) is 0 Å². The first kappa shape index (κ1) is 17.9. The van der Waals surface area contributed by atoms with E-state index in [2.05, 4.69) is 5.32 Å². The second kappa shape index (κ2) is 8.29. The molecule has 0 bridgehead atoms. The Hall–Kier alpha value is -1.20. The smallest absolute Gasteiger partial charge is 0.251 e. The van der Waals surface area contributed by atoms with Crippen molar-refractivity contribution >= 4 is 18.3 Å². The number of hydrogen-bond donors (Lipinski definition) is 2. The van der Waals surface area contributed by atoms with Crippen molar-refractivity contribution in [3.8, 4) is 0 Å². The lowest BCUT2D eigenvalue weighted by Crippen LogP contribution is -2.45. The topological polar surface area (TPSA) is 55.1 Å². The molecule has 2 rings (SSSR count). The highest BCUT2D eigenvalue weighted by Crippen LogP contribution is 2.26. The summed E-state index contributed by atoms with van der Waals surface area (Å²) < 4.78 is 26.0. The van der Waals surface area contributed by atoms with Crippen LogP contribution >= 0.6 is 12.4 Å². The molecule has 1 aliphatic carbocycles. The van der Waals surface area contributed by atoms with Crippen LogP contribution in [0, 0.1) is 17.6 Å².